The van der Waals surface area contributed by atoms with Crippen molar-refractivity contribution in [2.75, 3.05) is 13.1 Å². The Labute approximate surface area is 162 Å². The van der Waals surface area contributed by atoms with Gasteiger partial charge < -0.3 is 9.64 Å². The van der Waals surface area contributed by atoms with Crippen LogP contribution in [0, 0.1) is 0 Å². The number of ether oxygens (including phenoxy) is 1. The lowest BCUT2D eigenvalue weighted by molar-refractivity contribution is -0.0586. The van der Waals surface area contributed by atoms with Crippen LogP contribution in [-0.2, 0) is 4.74 Å². The number of amides is 1. The Morgan fingerprint density at radius 2 is 1.88 bits per heavy atom. The molecule has 4 rings (SSSR count). The molecule has 2 heterocycles. The van der Waals surface area contributed by atoms with Crippen molar-refractivity contribution in [2.24, 2.45) is 0 Å². The Balaban J connectivity index is 1.71. The normalized spacial score (nSPS) is 23.3. The lowest BCUT2D eigenvalue weighted by Gasteiger charge is -2.35. The Bertz CT molecular complexity index is 837. The SMILES string of the molecule is C[C@H]1CN(C(=O)c2cnn(-c3ccc(Cl)cc3Cl)c2C2CC2)C[C@H](C)O1. The van der Waals surface area contributed by atoms with Crippen LogP contribution >= 0.6 is 23.2 Å². The van der Waals surface area contributed by atoms with E-state index in [4.69, 9.17) is 27.9 Å². The second kappa shape index (κ2) is 6.87. The van der Waals surface area contributed by atoms with Crippen LogP contribution in [0.3, 0.4) is 0 Å². The third-order valence-corrected chi connectivity index (χ3v) is 5.38. The molecule has 1 aromatic heterocycles. The Morgan fingerprint density at radius 1 is 1.19 bits per heavy atom. The fraction of sp³-hybridized carbons (Fsp3) is 0.474. The zero-order chi connectivity index (χ0) is 18.4. The smallest absolute Gasteiger partial charge is 0.257 e. The lowest BCUT2D eigenvalue weighted by atomic mass is 10.1. The van der Waals surface area contributed by atoms with E-state index >= 15 is 0 Å². The lowest BCUT2D eigenvalue weighted by Crippen LogP contribution is -2.48. The zero-order valence-electron chi connectivity index (χ0n) is 14.8. The van der Waals surface area contributed by atoms with Crippen molar-refractivity contribution < 1.29 is 9.53 Å². The van der Waals surface area contributed by atoms with E-state index in [1.165, 1.54) is 0 Å². The van der Waals surface area contributed by atoms with Gasteiger partial charge in [0.2, 0.25) is 0 Å². The summed E-state index contributed by atoms with van der Waals surface area (Å²) in [5.41, 5.74) is 2.37. The van der Waals surface area contributed by atoms with Crippen molar-refractivity contribution in [3.8, 4) is 5.69 Å². The Kier molecular flexibility index (Phi) is 4.71. The standard InChI is InChI=1S/C19H21Cl2N3O2/c1-11-9-23(10-12(2)26-11)19(25)15-8-22-24(18(15)13-3-4-13)17-6-5-14(20)7-16(17)21/h5-8,11-13H,3-4,9-10H2,1-2H3/t11-,12-/m0/s1. The fourth-order valence-corrected chi connectivity index (χ4v) is 4.12. The predicted octanol–water partition coefficient (Wildman–Crippen LogP) is 4.31. The first-order valence-electron chi connectivity index (χ1n) is 8.92. The third-order valence-electron chi connectivity index (χ3n) is 4.85. The van der Waals surface area contributed by atoms with E-state index in [1.807, 2.05) is 24.8 Å². The molecule has 2 atom stereocenters. The van der Waals surface area contributed by atoms with Gasteiger partial charge in [0.15, 0.2) is 0 Å². The molecule has 2 aliphatic rings. The van der Waals surface area contributed by atoms with Crippen LogP contribution < -0.4 is 0 Å². The fourth-order valence-electron chi connectivity index (χ4n) is 3.63. The second-order valence-electron chi connectivity index (χ2n) is 7.19. The molecular formula is C19H21Cl2N3O2. The summed E-state index contributed by atoms with van der Waals surface area (Å²) in [4.78, 5) is 15.1. The summed E-state index contributed by atoms with van der Waals surface area (Å²) >= 11 is 12.4. The van der Waals surface area contributed by atoms with E-state index in [1.54, 1.807) is 23.0 Å². The maximum absolute atomic E-state index is 13.2. The summed E-state index contributed by atoms with van der Waals surface area (Å²) < 4.78 is 7.55. The van der Waals surface area contributed by atoms with E-state index in [9.17, 15) is 4.79 Å². The molecule has 7 heteroatoms. The van der Waals surface area contributed by atoms with Gasteiger partial charge in [-0.25, -0.2) is 4.68 Å². The summed E-state index contributed by atoms with van der Waals surface area (Å²) in [7, 11) is 0. The number of hydrogen-bond donors (Lipinski definition) is 0. The van der Waals surface area contributed by atoms with Gasteiger partial charge in [-0.3, -0.25) is 4.79 Å². The number of hydrogen-bond acceptors (Lipinski definition) is 3. The molecule has 0 radical (unpaired) electrons. The molecule has 1 amide bonds. The molecule has 1 aliphatic heterocycles. The van der Waals surface area contributed by atoms with Gasteiger partial charge in [-0.1, -0.05) is 23.2 Å². The minimum atomic E-state index is 0.0187. The first-order valence-corrected chi connectivity index (χ1v) is 9.67. The number of carbonyl (C=O) groups is 1. The Morgan fingerprint density at radius 3 is 2.50 bits per heavy atom. The summed E-state index contributed by atoms with van der Waals surface area (Å²) in [6, 6.07) is 5.33. The van der Waals surface area contributed by atoms with Gasteiger partial charge in [-0.15, -0.1) is 0 Å². The van der Waals surface area contributed by atoms with Crippen LogP contribution in [0.5, 0.6) is 0 Å². The molecule has 1 aliphatic carbocycles. The molecule has 5 nitrogen and oxygen atoms in total. The molecule has 0 bridgehead atoms. The molecule has 0 spiro atoms. The quantitative estimate of drug-likeness (QED) is 0.780. The van der Waals surface area contributed by atoms with Gasteiger partial charge in [0.25, 0.3) is 5.91 Å². The first kappa shape index (κ1) is 17.8. The number of halogens is 2. The highest BCUT2D eigenvalue weighted by molar-refractivity contribution is 6.35. The van der Waals surface area contributed by atoms with Crippen LogP contribution in [0.4, 0.5) is 0 Å². The molecule has 1 saturated carbocycles. The van der Waals surface area contributed by atoms with Crippen molar-refractivity contribution in [3.05, 3.63) is 45.7 Å². The average molecular weight is 394 g/mol. The van der Waals surface area contributed by atoms with Gasteiger partial charge in [0.1, 0.15) is 0 Å². The monoisotopic (exact) mass is 393 g/mol. The number of rotatable bonds is 3. The highest BCUT2D eigenvalue weighted by Gasteiger charge is 2.36. The molecule has 0 N–H and O–H groups in total. The number of benzene rings is 1. The van der Waals surface area contributed by atoms with Crippen LogP contribution in [0.15, 0.2) is 24.4 Å². The average Bonchev–Trinajstić information content (AvgIpc) is 3.32. The molecule has 2 fully saturated rings. The highest BCUT2D eigenvalue weighted by atomic mass is 35.5. The van der Waals surface area contributed by atoms with Gasteiger partial charge >= 0.3 is 0 Å². The number of carbonyl (C=O) groups excluding carboxylic acids is 1. The predicted molar refractivity (Wildman–Crippen MR) is 101 cm³/mol. The van der Waals surface area contributed by atoms with E-state index in [-0.39, 0.29) is 18.1 Å². The summed E-state index contributed by atoms with van der Waals surface area (Å²) in [5.74, 6) is 0.365. The van der Waals surface area contributed by atoms with Crippen molar-refractivity contribution in [1.82, 2.24) is 14.7 Å². The Hall–Kier alpha value is -1.56. The number of morpholine rings is 1. The molecule has 26 heavy (non-hydrogen) atoms. The van der Waals surface area contributed by atoms with Gasteiger partial charge in [-0.05, 0) is 44.9 Å². The summed E-state index contributed by atoms with van der Waals surface area (Å²) in [5, 5.41) is 5.60. The second-order valence-corrected chi connectivity index (χ2v) is 8.04. The molecule has 2 aromatic rings. The van der Waals surface area contributed by atoms with Crippen LogP contribution in [0.2, 0.25) is 10.0 Å². The van der Waals surface area contributed by atoms with Crippen LogP contribution in [0.25, 0.3) is 5.69 Å². The molecule has 1 saturated heterocycles. The maximum atomic E-state index is 13.2. The van der Waals surface area contributed by atoms with E-state index < -0.39 is 0 Å². The van der Waals surface area contributed by atoms with Crippen molar-refractivity contribution in [2.45, 2.75) is 44.8 Å². The molecule has 138 valence electrons. The molecule has 0 unspecified atom stereocenters. The summed E-state index contributed by atoms with van der Waals surface area (Å²) in [6.45, 7) is 5.18. The van der Waals surface area contributed by atoms with Crippen molar-refractivity contribution in [1.29, 1.82) is 0 Å². The minimum absolute atomic E-state index is 0.0187. The topological polar surface area (TPSA) is 47.4 Å². The van der Waals surface area contributed by atoms with Crippen LogP contribution in [-0.4, -0.2) is 45.9 Å². The van der Waals surface area contributed by atoms with Crippen molar-refractivity contribution >= 4 is 29.1 Å². The minimum Gasteiger partial charge on any atom is -0.372 e. The summed E-state index contributed by atoms with van der Waals surface area (Å²) in [6.07, 6.45) is 3.87. The highest BCUT2D eigenvalue weighted by Crippen LogP contribution is 2.43. The number of nitrogens with zero attached hydrogens (tertiary/aromatic N) is 3. The van der Waals surface area contributed by atoms with Gasteiger partial charge in [0, 0.05) is 24.0 Å². The largest absolute Gasteiger partial charge is 0.372 e. The number of aromatic nitrogens is 2. The van der Waals surface area contributed by atoms with Crippen molar-refractivity contribution in [3.63, 3.8) is 0 Å². The van der Waals surface area contributed by atoms with E-state index in [0.717, 1.165) is 24.2 Å². The van der Waals surface area contributed by atoms with Crippen LogP contribution in [0.1, 0.15) is 48.7 Å². The van der Waals surface area contributed by atoms with Gasteiger partial charge in [0.05, 0.1) is 40.4 Å². The zero-order valence-corrected chi connectivity index (χ0v) is 16.3. The van der Waals surface area contributed by atoms with E-state index in [2.05, 4.69) is 5.10 Å². The molecule has 1 aromatic carbocycles. The molecular weight excluding hydrogens is 373 g/mol. The van der Waals surface area contributed by atoms with Gasteiger partial charge in [-0.2, -0.15) is 5.10 Å². The van der Waals surface area contributed by atoms with E-state index in [0.29, 0.717) is 34.6 Å². The first-order chi connectivity index (χ1) is 12.4. The maximum Gasteiger partial charge on any atom is 0.257 e. The third kappa shape index (κ3) is 3.36.